The summed E-state index contributed by atoms with van der Waals surface area (Å²) >= 11 is 0. The van der Waals surface area contributed by atoms with Gasteiger partial charge in [0.1, 0.15) is 19.3 Å². The molecule has 0 radical (unpaired) electrons. The smallest absolute Gasteiger partial charge is 0.456 e. The molecule has 0 saturated heterocycles. The molecule has 476 valence electrons. The summed E-state index contributed by atoms with van der Waals surface area (Å²) in [4.78, 5) is 37.9. The Kier molecular flexibility index (Phi) is 59.5. The molecule has 9 nitrogen and oxygen atoms in total. The summed E-state index contributed by atoms with van der Waals surface area (Å²) in [5, 5.41) is 3.07. The summed E-state index contributed by atoms with van der Waals surface area (Å²) in [6, 6.07) is -0.848. The van der Waals surface area contributed by atoms with Crippen molar-refractivity contribution in [3.63, 3.8) is 0 Å². The Morgan fingerprint density at radius 3 is 1.15 bits per heavy atom. The fraction of sp³-hybridized carbons (Fsp3) is 0.859. The monoisotopic (exact) mass is 1160 g/mol. The minimum Gasteiger partial charge on any atom is -0.456 e. The van der Waals surface area contributed by atoms with Gasteiger partial charge >= 0.3 is 13.8 Å². The highest BCUT2D eigenvalue weighted by Crippen LogP contribution is 2.43. The number of rotatable bonds is 64. The number of ether oxygens (including phenoxy) is 1. The zero-order valence-corrected chi connectivity index (χ0v) is 55.4. The number of hydrogen-bond donors (Lipinski definition) is 2. The van der Waals surface area contributed by atoms with Gasteiger partial charge in [-0.05, 0) is 70.3 Å². The lowest BCUT2D eigenvalue weighted by Crippen LogP contribution is -2.47. The van der Waals surface area contributed by atoms with Crippen molar-refractivity contribution >= 4 is 19.7 Å². The van der Waals surface area contributed by atoms with Gasteiger partial charge in [-0.25, -0.2) is 4.57 Å². The zero-order chi connectivity index (χ0) is 59.3. The van der Waals surface area contributed by atoms with Crippen LogP contribution in [0.15, 0.2) is 48.6 Å². The summed E-state index contributed by atoms with van der Waals surface area (Å²) in [5.41, 5.74) is 0. The van der Waals surface area contributed by atoms with Crippen molar-refractivity contribution in [3.05, 3.63) is 48.6 Å². The summed E-state index contributed by atoms with van der Waals surface area (Å²) in [6.07, 6.45) is 76.8. The number of unbranched alkanes of at least 4 members (excludes halogenated alkanes) is 42. The molecule has 10 heteroatoms. The number of hydrogen-bond acceptors (Lipinski definition) is 6. The van der Waals surface area contributed by atoms with E-state index in [1.807, 2.05) is 33.3 Å². The normalized spacial score (nSPS) is 13.8. The van der Waals surface area contributed by atoms with Gasteiger partial charge in [0.25, 0.3) is 0 Å². The molecule has 0 spiro atoms. The van der Waals surface area contributed by atoms with Crippen LogP contribution in [0, 0.1) is 0 Å². The molecule has 0 saturated carbocycles. The number of phosphoric acid groups is 1. The number of allylic oxidation sites excluding steroid dienone is 7. The number of carbonyl (C=O) groups excluding carboxylic acids is 2. The van der Waals surface area contributed by atoms with Gasteiger partial charge in [-0.15, -0.1) is 0 Å². The van der Waals surface area contributed by atoms with Gasteiger partial charge in [0, 0.05) is 12.8 Å². The fourth-order valence-corrected chi connectivity index (χ4v) is 11.1. The van der Waals surface area contributed by atoms with E-state index in [1.54, 1.807) is 0 Å². The van der Waals surface area contributed by atoms with Crippen molar-refractivity contribution in [2.24, 2.45) is 0 Å². The Labute approximate surface area is 503 Å². The number of likely N-dealkylation sites (N-methyl/N-ethyl adjacent to an activating group) is 1. The number of amides is 1. The third kappa shape index (κ3) is 62.3. The molecule has 0 aliphatic carbocycles. The molecule has 0 heterocycles. The second-order valence-corrected chi connectivity index (χ2v) is 26.5. The predicted molar refractivity (Wildman–Crippen MR) is 351 cm³/mol. The molecule has 0 aromatic heterocycles. The molecule has 3 atom stereocenters. The van der Waals surface area contributed by atoms with Crippen molar-refractivity contribution < 1.29 is 37.3 Å². The molecule has 0 aromatic rings. The van der Waals surface area contributed by atoms with E-state index in [0.717, 1.165) is 70.6 Å². The lowest BCUT2D eigenvalue weighted by molar-refractivity contribution is -0.870. The molecule has 3 unspecified atom stereocenters. The minimum atomic E-state index is -4.45. The van der Waals surface area contributed by atoms with Crippen LogP contribution in [0.5, 0.6) is 0 Å². The Bertz CT molecular complexity index is 1520. The number of phosphoric ester groups is 1. The highest BCUT2D eigenvalue weighted by Gasteiger charge is 2.30. The van der Waals surface area contributed by atoms with Crippen LogP contribution in [-0.4, -0.2) is 74.3 Å². The van der Waals surface area contributed by atoms with Gasteiger partial charge in [0.15, 0.2) is 0 Å². The molecule has 2 N–H and O–H groups in total. The van der Waals surface area contributed by atoms with E-state index in [1.165, 1.54) is 238 Å². The first-order chi connectivity index (χ1) is 39.4. The number of esters is 1. The van der Waals surface area contributed by atoms with Crippen LogP contribution in [0.4, 0.5) is 0 Å². The van der Waals surface area contributed by atoms with Gasteiger partial charge < -0.3 is 19.4 Å². The SMILES string of the molecule is CCCCC/C=C\C/C=C\C/C=C\CCCCCCCCCCCCC(=O)OC(/C=C/CCCCCCCCCCCCC)C(COP(=O)(O)OCC[N+](C)(C)C)NC(=O)CCCCCCCCCCCCCCCCCCCCC. The van der Waals surface area contributed by atoms with Gasteiger partial charge in [0.05, 0.1) is 33.8 Å². The molecule has 0 rings (SSSR count). The third-order valence-electron chi connectivity index (χ3n) is 15.8. The number of nitrogens with one attached hydrogen (secondary N) is 1. The van der Waals surface area contributed by atoms with Crippen LogP contribution < -0.4 is 5.32 Å². The first-order valence-electron chi connectivity index (χ1n) is 35.0. The van der Waals surface area contributed by atoms with Crippen LogP contribution in [0.3, 0.4) is 0 Å². The van der Waals surface area contributed by atoms with Crippen LogP contribution in [-0.2, 0) is 27.9 Å². The Balaban J connectivity index is 5.13. The number of quaternary nitrogens is 1. The summed E-state index contributed by atoms with van der Waals surface area (Å²) < 4.78 is 30.8. The van der Waals surface area contributed by atoms with Crippen molar-refractivity contribution in [2.75, 3.05) is 40.9 Å². The Morgan fingerprint density at radius 2 is 0.753 bits per heavy atom. The van der Waals surface area contributed by atoms with E-state index >= 15 is 0 Å². The second kappa shape index (κ2) is 61.1. The highest BCUT2D eigenvalue weighted by molar-refractivity contribution is 7.47. The lowest BCUT2D eigenvalue weighted by atomic mass is 10.0. The van der Waals surface area contributed by atoms with Crippen molar-refractivity contribution in [1.29, 1.82) is 0 Å². The Hall–Kier alpha value is -2.03. The van der Waals surface area contributed by atoms with Crippen molar-refractivity contribution in [2.45, 2.75) is 354 Å². The van der Waals surface area contributed by atoms with Crippen LogP contribution in [0.2, 0.25) is 0 Å². The van der Waals surface area contributed by atoms with E-state index in [0.29, 0.717) is 17.4 Å². The quantitative estimate of drug-likeness (QED) is 0.0205. The van der Waals surface area contributed by atoms with Crippen LogP contribution in [0.25, 0.3) is 0 Å². The van der Waals surface area contributed by atoms with E-state index in [2.05, 4.69) is 62.5 Å². The van der Waals surface area contributed by atoms with E-state index in [-0.39, 0.29) is 31.5 Å². The van der Waals surface area contributed by atoms with E-state index in [4.69, 9.17) is 13.8 Å². The first-order valence-corrected chi connectivity index (χ1v) is 36.5. The maximum atomic E-state index is 13.6. The second-order valence-electron chi connectivity index (χ2n) is 25.1. The number of nitrogens with zero attached hydrogens (tertiary/aromatic N) is 1. The minimum absolute atomic E-state index is 0.0414. The largest absolute Gasteiger partial charge is 0.472 e. The standard InChI is InChI=1S/C71H135N2O7P/c1-7-10-13-16-19-22-25-28-30-32-34-35-36-37-39-41-43-46-49-52-55-58-61-64-71(75)80-69(62-59-56-53-50-47-44-27-24-21-18-15-12-9-3)68(67-79-81(76,77)78-66-65-73(4,5)6)72-70(74)63-60-57-54-51-48-45-42-40-38-33-31-29-26-23-20-17-14-11-8-2/h19,22,28,30,34-35,59,62,68-69H,7-18,20-21,23-27,29,31-33,36-58,60-61,63-67H2,1-6H3,(H-,72,74,76,77)/p+1/b22-19-,30-28-,35-34-,62-59+. The average molecular weight is 1160 g/mol. The maximum absolute atomic E-state index is 13.6. The topological polar surface area (TPSA) is 111 Å². The summed E-state index contributed by atoms with van der Waals surface area (Å²) in [5.74, 6) is -0.492. The van der Waals surface area contributed by atoms with Gasteiger partial charge in [-0.2, -0.15) is 0 Å². The molecular formula is C71H136N2O7P+. The summed E-state index contributed by atoms with van der Waals surface area (Å²) in [7, 11) is 1.51. The zero-order valence-electron chi connectivity index (χ0n) is 54.5. The van der Waals surface area contributed by atoms with Gasteiger partial charge in [-0.1, -0.05) is 307 Å². The van der Waals surface area contributed by atoms with Crippen molar-refractivity contribution in [1.82, 2.24) is 5.32 Å². The van der Waals surface area contributed by atoms with Crippen LogP contribution in [0.1, 0.15) is 342 Å². The van der Waals surface area contributed by atoms with E-state index < -0.39 is 20.0 Å². The maximum Gasteiger partial charge on any atom is 0.472 e. The van der Waals surface area contributed by atoms with E-state index in [9.17, 15) is 19.0 Å². The van der Waals surface area contributed by atoms with Gasteiger partial charge in [0.2, 0.25) is 5.91 Å². The first kappa shape index (κ1) is 79.0. The van der Waals surface area contributed by atoms with Crippen molar-refractivity contribution in [3.8, 4) is 0 Å². The average Bonchev–Trinajstić information content (AvgIpc) is 3.44. The third-order valence-corrected chi connectivity index (χ3v) is 16.8. The molecule has 0 aliphatic rings. The Morgan fingerprint density at radius 1 is 0.432 bits per heavy atom. The molecular weight excluding hydrogens is 1020 g/mol. The summed E-state index contributed by atoms with van der Waals surface area (Å²) in [6.45, 7) is 7.04. The molecule has 0 aliphatic heterocycles. The highest BCUT2D eigenvalue weighted by atomic mass is 31.2. The molecule has 81 heavy (non-hydrogen) atoms. The molecule has 0 aromatic carbocycles. The predicted octanol–water partition coefficient (Wildman–Crippen LogP) is 22.0. The lowest BCUT2D eigenvalue weighted by Gasteiger charge is -2.27. The molecule has 0 bridgehead atoms. The van der Waals surface area contributed by atoms with Gasteiger partial charge in [-0.3, -0.25) is 18.6 Å². The molecule has 1 amide bonds. The van der Waals surface area contributed by atoms with Crippen LogP contribution >= 0.6 is 7.82 Å². The fourth-order valence-electron chi connectivity index (χ4n) is 10.4. The molecule has 0 fully saturated rings. The number of carbonyl (C=O) groups is 2.